The second kappa shape index (κ2) is 8.70. The van der Waals surface area contributed by atoms with Crippen molar-refractivity contribution >= 4 is 11.6 Å². The van der Waals surface area contributed by atoms with E-state index in [-0.39, 0.29) is 5.91 Å². The van der Waals surface area contributed by atoms with Gasteiger partial charge in [0.05, 0.1) is 19.0 Å². The molecule has 1 saturated heterocycles. The first-order chi connectivity index (χ1) is 12.7. The fraction of sp³-hybridized carbons (Fsp3) is 0.429. The molecule has 1 aliphatic heterocycles. The average Bonchev–Trinajstić information content (AvgIpc) is 2.68. The molecule has 0 radical (unpaired) electrons. The number of methoxy groups -OCH3 is 1. The van der Waals surface area contributed by atoms with Crippen LogP contribution >= 0.6 is 0 Å². The third-order valence-electron chi connectivity index (χ3n) is 4.84. The molecule has 1 amide bonds. The zero-order valence-electron chi connectivity index (χ0n) is 15.6. The lowest BCUT2D eigenvalue weighted by Gasteiger charge is -2.32. The van der Waals surface area contributed by atoms with Crippen molar-refractivity contribution in [2.24, 2.45) is 5.92 Å². The van der Waals surface area contributed by atoms with Crippen LogP contribution in [0.2, 0.25) is 0 Å². The first-order valence-corrected chi connectivity index (χ1v) is 9.28. The molecule has 1 unspecified atom stereocenters. The van der Waals surface area contributed by atoms with Gasteiger partial charge >= 0.3 is 0 Å². The van der Waals surface area contributed by atoms with Crippen LogP contribution in [0.25, 0.3) is 0 Å². The van der Waals surface area contributed by atoms with E-state index in [1.54, 1.807) is 7.11 Å². The molecule has 1 aromatic carbocycles. The number of nitrogens with zero attached hydrogens (tertiary/aromatic N) is 2. The number of anilines is 1. The third-order valence-corrected chi connectivity index (χ3v) is 4.84. The number of benzene rings is 1. The van der Waals surface area contributed by atoms with Crippen LogP contribution in [0.1, 0.15) is 35.8 Å². The molecular formula is C21H27N3O2. The van der Waals surface area contributed by atoms with Gasteiger partial charge in [-0.05, 0) is 55.0 Å². The quantitative estimate of drug-likeness (QED) is 0.866. The Balaban J connectivity index is 1.51. The van der Waals surface area contributed by atoms with Gasteiger partial charge in [0.2, 0.25) is 0 Å². The van der Waals surface area contributed by atoms with E-state index in [0.29, 0.717) is 18.2 Å². The summed E-state index contributed by atoms with van der Waals surface area (Å²) in [6.45, 7) is 4.98. The highest BCUT2D eigenvalue weighted by Gasteiger charge is 2.17. The minimum absolute atomic E-state index is 0.133. The van der Waals surface area contributed by atoms with Gasteiger partial charge in [0.15, 0.2) is 0 Å². The molecule has 0 saturated carbocycles. The Bertz CT molecular complexity index is 730. The van der Waals surface area contributed by atoms with Gasteiger partial charge in [-0.1, -0.05) is 19.1 Å². The summed E-state index contributed by atoms with van der Waals surface area (Å²) in [7, 11) is 1.65. The summed E-state index contributed by atoms with van der Waals surface area (Å²) in [5.74, 6) is 1.41. The lowest BCUT2D eigenvalue weighted by molar-refractivity contribution is 0.0949. The number of nitrogens with one attached hydrogen (secondary N) is 1. The number of piperidine rings is 1. The summed E-state index contributed by atoms with van der Waals surface area (Å²) >= 11 is 0. The molecule has 1 N–H and O–H groups in total. The standard InChI is InChI=1S/C21H27N3O2/c1-16-5-4-12-24(15-16)18-8-9-20(23-14-18)21(25)22-11-10-17-6-3-7-19(13-17)26-2/h3,6-9,13-14,16H,4-5,10-12,15H2,1-2H3,(H,22,25). The summed E-state index contributed by atoms with van der Waals surface area (Å²) in [4.78, 5) is 19.0. The highest BCUT2D eigenvalue weighted by Crippen LogP contribution is 2.22. The average molecular weight is 353 g/mol. The molecule has 26 heavy (non-hydrogen) atoms. The highest BCUT2D eigenvalue weighted by molar-refractivity contribution is 5.92. The lowest BCUT2D eigenvalue weighted by atomic mass is 10.00. The fourth-order valence-electron chi connectivity index (χ4n) is 3.37. The maximum Gasteiger partial charge on any atom is 0.269 e. The van der Waals surface area contributed by atoms with E-state index in [2.05, 4.69) is 22.1 Å². The van der Waals surface area contributed by atoms with E-state index in [0.717, 1.165) is 36.5 Å². The normalized spacial score (nSPS) is 17.0. The zero-order valence-corrected chi connectivity index (χ0v) is 15.6. The molecule has 5 nitrogen and oxygen atoms in total. The van der Waals surface area contributed by atoms with Gasteiger partial charge in [0.25, 0.3) is 5.91 Å². The number of hydrogen-bond donors (Lipinski definition) is 1. The van der Waals surface area contributed by atoms with Gasteiger partial charge in [0.1, 0.15) is 11.4 Å². The number of amides is 1. The number of ether oxygens (including phenoxy) is 1. The van der Waals surface area contributed by atoms with Gasteiger partial charge in [-0.15, -0.1) is 0 Å². The van der Waals surface area contributed by atoms with Crippen LogP contribution in [0, 0.1) is 5.92 Å². The van der Waals surface area contributed by atoms with Crippen LogP contribution in [0.5, 0.6) is 5.75 Å². The van der Waals surface area contributed by atoms with Crippen LogP contribution in [0.3, 0.4) is 0 Å². The van der Waals surface area contributed by atoms with Crippen LogP contribution < -0.4 is 15.0 Å². The Morgan fingerprint density at radius 1 is 1.35 bits per heavy atom. The van der Waals surface area contributed by atoms with Crippen molar-refractivity contribution in [1.82, 2.24) is 10.3 Å². The molecule has 0 bridgehead atoms. The first kappa shape index (κ1) is 18.2. The summed E-state index contributed by atoms with van der Waals surface area (Å²) in [5.41, 5.74) is 2.70. The predicted molar refractivity (Wildman–Crippen MR) is 104 cm³/mol. The van der Waals surface area contributed by atoms with Crippen LogP contribution in [-0.4, -0.2) is 37.6 Å². The second-order valence-corrected chi connectivity index (χ2v) is 6.95. The third kappa shape index (κ3) is 4.75. The van der Waals surface area contributed by atoms with Crippen LogP contribution in [-0.2, 0) is 6.42 Å². The minimum Gasteiger partial charge on any atom is -0.497 e. The second-order valence-electron chi connectivity index (χ2n) is 6.95. The van der Waals surface area contributed by atoms with Crippen molar-refractivity contribution in [2.45, 2.75) is 26.2 Å². The molecule has 2 heterocycles. The Hall–Kier alpha value is -2.56. The number of carbonyl (C=O) groups is 1. The molecule has 5 heteroatoms. The van der Waals surface area contributed by atoms with E-state index in [9.17, 15) is 4.79 Å². The van der Waals surface area contributed by atoms with E-state index in [1.165, 1.54) is 12.8 Å². The smallest absolute Gasteiger partial charge is 0.269 e. The molecular weight excluding hydrogens is 326 g/mol. The summed E-state index contributed by atoms with van der Waals surface area (Å²) in [5, 5.41) is 2.94. The molecule has 1 atom stereocenters. The number of carbonyl (C=O) groups excluding carboxylic acids is 1. The van der Waals surface area contributed by atoms with Crippen LogP contribution in [0.4, 0.5) is 5.69 Å². The summed E-state index contributed by atoms with van der Waals surface area (Å²) in [6, 6.07) is 11.7. The molecule has 2 aromatic rings. The summed E-state index contributed by atoms with van der Waals surface area (Å²) in [6.07, 6.45) is 5.08. The van der Waals surface area contributed by atoms with Crippen molar-refractivity contribution < 1.29 is 9.53 Å². The molecule has 1 fully saturated rings. The maximum atomic E-state index is 12.3. The fourth-order valence-corrected chi connectivity index (χ4v) is 3.37. The SMILES string of the molecule is COc1cccc(CCNC(=O)c2ccc(N3CCCC(C)C3)cn2)c1. The largest absolute Gasteiger partial charge is 0.497 e. The van der Waals surface area contributed by atoms with Crippen LogP contribution in [0.15, 0.2) is 42.6 Å². The minimum atomic E-state index is -0.133. The molecule has 3 rings (SSSR count). The Labute approximate surface area is 155 Å². The highest BCUT2D eigenvalue weighted by atomic mass is 16.5. The molecule has 138 valence electrons. The van der Waals surface area contributed by atoms with Crippen molar-refractivity contribution in [3.8, 4) is 5.75 Å². The lowest BCUT2D eigenvalue weighted by Crippen LogP contribution is -2.34. The van der Waals surface area contributed by atoms with Crippen molar-refractivity contribution in [3.05, 3.63) is 53.9 Å². The van der Waals surface area contributed by atoms with Crippen molar-refractivity contribution in [1.29, 1.82) is 0 Å². The van der Waals surface area contributed by atoms with Crippen molar-refractivity contribution in [2.75, 3.05) is 31.6 Å². The van der Waals surface area contributed by atoms with E-state index < -0.39 is 0 Å². The van der Waals surface area contributed by atoms with Crippen molar-refractivity contribution in [3.63, 3.8) is 0 Å². The van der Waals surface area contributed by atoms with Gasteiger partial charge in [-0.25, -0.2) is 4.98 Å². The van der Waals surface area contributed by atoms with Gasteiger partial charge in [0, 0.05) is 19.6 Å². The Kier molecular flexibility index (Phi) is 6.10. The molecule has 0 spiro atoms. The molecule has 1 aromatic heterocycles. The van der Waals surface area contributed by atoms with E-state index in [4.69, 9.17) is 4.74 Å². The molecule has 0 aliphatic carbocycles. The topological polar surface area (TPSA) is 54.5 Å². The summed E-state index contributed by atoms with van der Waals surface area (Å²) < 4.78 is 5.22. The number of rotatable bonds is 6. The zero-order chi connectivity index (χ0) is 18.4. The van der Waals surface area contributed by atoms with E-state index in [1.807, 2.05) is 42.6 Å². The maximum absolute atomic E-state index is 12.3. The number of pyridine rings is 1. The number of hydrogen-bond acceptors (Lipinski definition) is 4. The van der Waals surface area contributed by atoms with E-state index >= 15 is 0 Å². The Morgan fingerprint density at radius 2 is 2.23 bits per heavy atom. The predicted octanol–water partition coefficient (Wildman–Crippen LogP) is 3.30. The number of aromatic nitrogens is 1. The monoisotopic (exact) mass is 353 g/mol. The van der Waals surface area contributed by atoms with Gasteiger partial charge in [-0.2, -0.15) is 0 Å². The Morgan fingerprint density at radius 3 is 2.96 bits per heavy atom. The van der Waals surface area contributed by atoms with Gasteiger partial charge < -0.3 is 15.0 Å². The first-order valence-electron chi connectivity index (χ1n) is 9.28. The molecule has 1 aliphatic rings. The van der Waals surface area contributed by atoms with Gasteiger partial charge in [-0.3, -0.25) is 4.79 Å².